The molecule has 3 saturated heterocycles. The quantitative estimate of drug-likeness (QED) is 0.840. The zero-order chi connectivity index (χ0) is 16.1. The highest BCUT2D eigenvalue weighted by atomic mass is 19.3. The van der Waals surface area contributed by atoms with Crippen molar-refractivity contribution >= 4 is 5.91 Å². The predicted octanol–water partition coefficient (Wildman–Crippen LogP) is 1.03. The van der Waals surface area contributed by atoms with Gasteiger partial charge in [0, 0.05) is 57.1 Å². The molecule has 1 amide bonds. The van der Waals surface area contributed by atoms with E-state index in [1.807, 2.05) is 0 Å². The standard InChI is InChI=1S/C16H24F2N2O3/c17-16(18)5-12(6-16)19-14(21)15-9-20(7-11(15)8-23-10-15)13-1-3-22-4-2-13/h11-13H,1-10H2,(H,19,21)/t11-,15-/m1/s1. The van der Waals surface area contributed by atoms with Gasteiger partial charge < -0.3 is 14.8 Å². The maximum atomic E-state index is 13.0. The lowest BCUT2D eigenvalue weighted by Crippen LogP contribution is -2.56. The zero-order valence-corrected chi connectivity index (χ0v) is 13.2. The average Bonchev–Trinajstić information content (AvgIpc) is 3.04. The predicted molar refractivity (Wildman–Crippen MR) is 78.3 cm³/mol. The minimum Gasteiger partial charge on any atom is -0.381 e. The Balaban J connectivity index is 1.42. The number of ether oxygens (including phenoxy) is 2. The van der Waals surface area contributed by atoms with E-state index in [9.17, 15) is 13.6 Å². The summed E-state index contributed by atoms with van der Waals surface area (Å²) in [5.41, 5.74) is -0.552. The summed E-state index contributed by atoms with van der Waals surface area (Å²) in [6.45, 7) is 4.09. The molecule has 0 spiro atoms. The molecule has 1 saturated carbocycles. The highest BCUT2D eigenvalue weighted by molar-refractivity contribution is 5.84. The Kier molecular flexibility index (Phi) is 3.85. The fraction of sp³-hybridized carbons (Fsp3) is 0.938. The van der Waals surface area contributed by atoms with E-state index in [0.717, 1.165) is 32.6 Å². The first kappa shape index (κ1) is 15.7. The number of rotatable bonds is 3. The molecule has 7 heteroatoms. The molecule has 3 heterocycles. The van der Waals surface area contributed by atoms with Crippen LogP contribution in [-0.4, -0.2) is 68.3 Å². The molecule has 23 heavy (non-hydrogen) atoms. The number of nitrogens with one attached hydrogen (secondary N) is 1. The van der Waals surface area contributed by atoms with E-state index in [1.54, 1.807) is 0 Å². The van der Waals surface area contributed by atoms with Crippen molar-refractivity contribution in [3.63, 3.8) is 0 Å². The topological polar surface area (TPSA) is 50.8 Å². The number of nitrogens with zero attached hydrogens (tertiary/aromatic N) is 1. The minimum atomic E-state index is -2.61. The van der Waals surface area contributed by atoms with Crippen molar-refractivity contribution in [3.8, 4) is 0 Å². The molecule has 4 fully saturated rings. The molecule has 0 aromatic carbocycles. The lowest BCUT2D eigenvalue weighted by molar-refractivity contribution is -0.139. The van der Waals surface area contributed by atoms with Crippen LogP contribution in [0.4, 0.5) is 8.78 Å². The van der Waals surface area contributed by atoms with Gasteiger partial charge in [-0.15, -0.1) is 0 Å². The summed E-state index contributed by atoms with van der Waals surface area (Å²) in [6.07, 6.45) is 1.54. The minimum absolute atomic E-state index is 0.0879. The van der Waals surface area contributed by atoms with Crippen molar-refractivity contribution in [2.75, 3.05) is 39.5 Å². The van der Waals surface area contributed by atoms with Gasteiger partial charge in [0.1, 0.15) is 0 Å². The number of halogens is 2. The number of carbonyl (C=O) groups excluding carboxylic acids is 1. The van der Waals surface area contributed by atoms with Gasteiger partial charge in [0.2, 0.25) is 5.91 Å². The molecule has 0 unspecified atom stereocenters. The summed E-state index contributed by atoms with van der Waals surface area (Å²) < 4.78 is 37.0. The Bertz CT molecular complexity index is 476. The normalized spacial score (nSPS) is 38.3. The molecule has 0 aromatic rings. The summed E-state index contributed by atoms with van der Waals surface area (Å²) >= 11 is 0. The van der Waals surface area contributed by atoms with Crippen LogP contribution in [0.2, 0.25) is 0 Å². The highest BCUT2D eigenvalue weighted by Gasteiger charge is 2.58. The van der Waals surface area contributed by atoms with Crippen molar-refractivity contribution in [3.05, 3.63) is 0 Å². The molecular formula is C16H24F2N2O3. The number of fused-ring (bicyclic) bond motifs is 1. The Morgan fingerprint density at radius 3 is 2.61 bits per heavy atom. The van der Waals surface area contributed by atoms with E-state index in [0.29, 0.717) is 25.8 Å². The first-order valence-electron chi connectivity index (χ1n) is 8.57. The van der Waals surface area contributed by atoms with E-state index in [1.165, 1.54) is 0 Å². The van der Waals surface area contributed by atoms with Gasteiger partial charge >= 0.3 is 0 Å². The summed E-state index contributed by atoms with van der Waals surface area (Å²) in [5.74, 6) is -2.52. The monoisotopic (exact) mass is 330 g/mol. The number of likely N-dealkylation sites (tertiary alicyclic amines) is 1. The van der Waals surface area contributed by atoms with Crippen molar-refractivity contribution in [1.29, 1.82) is 0 Å². The second-order valence-corrected chi connectivity index (χ2v) is 7.58. The van der Waals surface area contributed by atoms with Crippen molar-refractivity contribution in [1.82, 2.24) is 10.2 Å². The van der Waals surface area contributed by atoms with E-state index >= 15 is 0 Å². The first-order chi connectivity index (χ1) is 11.0. The second-order valence-electron chi connectivity index (χ2n) is 7.58. The number of alkyl halides is 2. The van der Waals surface area contributed by atoms with E-state index in [-0.39, 0.29) is 30.7 Å². The van der Waals surface area contributed by atoms with Crippen LogP contribution in [0.25, 0.3) is 0 Å². The van der Waals surface area contributed by atoms with Crippen LogP contribution in [0.1, 0.15) is 25.7 Å². The van der Waals surface area contributed by atoms with Crippen LogP contribution in [0.5, 0.6) is 0 Å². The fourth-order valence-electron chi connectivity index (χ4n) is 4.52. The summed E-state index contributed by atoms with van der Waals surface area (Å²) in [6, 6.07) is 0.0808. The maximum Gasteiger partial charge on any atom is 0.252 e. The number of carbonyl (C=O) groups is 1. The van der Waals surface area contributed by atoms with Gasteiger partial charge in [0.05, 0.1) is 18.6 Å². The molecule has 5 nitrogen and oxygen atoms in total. The van der Waals surface area contributed by atoms with Gasteiger partial charge in [0.25, 0.3) is 5.92 Å². The summed E-state index contributed by atoms with van der Waals surface area (Å²) in [5, 5.41) is 2.85. The van der Waals surface area contributed by atoms with Crippen molar-refractivity contribution in [2.24, 2.45) is 11.3 Å². The zero-order valence-electron chi connectivity index (χ0n) is 13.2. The van der Waals surface area contributed by atoms with Gasteiger partial charge in [-0.3, -0.25) is 9.69 Å². The molecule has 0 aromatic heterocycles. The molecule has 1 N–H and O–H groups in total. The van der Waals surface area contributed by atoms with E-state index in [2.05, 4.69) is 10.2 Å². The van der Waals surface area contributed by atoms with Gasteiger partial charge in [-0.25, -0.2) is 8.78 Å². The Labute approximate surface area is 134 Å². The van der Waals surface area contributed by atoms with Gasteiger partial charge in [-0.05, 0) is 12.8 Å². The highest BCUT2D eigenvalue weighted by Crippen LogP contribution is 2.44. The molecule has 3 aliphatic heterocycles. The molecular weight excluding hydrogens is 306 g/mol. The van der Waals surface area contributed by atoms with Gasteiger partial charge in [-0.2, -0.15) is 0 Å². The molecule has 4 rings (SSSR count). The van der Waals surface area contributed by atoms with Crippen LogP contribution in [0, 0.1) is 11.3 Å². The molecule has 2 atom stereocenters. The third-order valence-electron chi connectivity index (χ3n) is 5.99. The van der Waals surface area contributed by atoms with Crippen molar-refractivity contribution < 1.29 is 23.0 Å². The van der Waals surface area contributed by atoms with Crippen LogP contribution >= 0.6 is 0 Å². The third-order valence-corrected chi connectivity index (χ3v) is 5.99. The molecule has 130 valence electrons. The lowest BCUT2D eigenvalue weighted by atomic mass is 9.78. The number of amides is 1. The first-order valence-corrected chi connectivity index (χ1v) is 8.57. The summed E-state index contributed by atoms with van der Waals surface area (Å²) in [7, 11) is 0. The molecule has 1 aliphatic carbocycles. The van der Waals surface area contributed by atoms with Crippen LogP contribution in [-0.2, 0) is 14.3 Å². The lowest BCUT2D eigenvalue weighted by Gasteiger charge is -2.38. The number of hydrogen-bond acceptors (Lipinski definition) is 4. The second kappa shape index (κ2) is 5.63. The average molecular weight is 330 g/mol. The molecule has 0 bridgehead atoms. The Morgan fingerprint density at radius 2 is 1.91 bits per heavy atom. The maximum absolute atomic E-state index is 13.0. The molecule has 0 radical (unpaired) electrons. The van der Waals surface area contributed by atoms with Crippen LogP contribution in [0.3, 0.4) is 0 Å². The SMILES string of the molecule is O=C(NC1CC(F)(F)C1)[C@]12COC[C@H]1CN(C1CCOCC1)C2. The number of hydrogen-bond donors (Lipinski definition) is 1. The Morgan fingerprint density at radius 1 is 1.17 bits per heavy atom. The summed E-state index contributed by atoms with van der Waals surface area (Å²) in [4.78, 5) is 15.2. The molecule has 4 aliphatic rings. The van der Waals surface area contributed by atoms with Crippen LogP contribution < -0.4 is 5.32 Å². The Hall–Kier alpha value is -0.790. The van der Waals surface area contributed by atoms with E-state index in [4.69, 9.17) is 9.47 Å². The van der Waals surface area contributed by atoms with Crippen LogP contribution in [0.15, 0.2) is 0 Å². The van der Waals surface area contributed by atoms with Crippen molar-refractivity contribution in [2.45, 2.75) is 43.7 Å². The largest absolute Gasteiger partial charge is 0.381 e. The fourth-order valence-corrected chi connectivity index (χ4v) is 4.52. The van der Waals surface area contributed by atoms with Gasteiger partial charge in [0.15, 0.2) is 0 Å². The third kappa shape index (κ3) is 2.76. The van der Waals surface area contributed by atoms with E-state index < -0.39 is 11.3 Å². The smallest absolute Gasteiger partial charge is 0.252 e. The van der Waals surface area contributed by atoms with Gasteiger partial charge in [-0.1, -0.05) is 0 Å².